The van der Waals surface area contributed by atoms with Crippen molar-refractivity contribution in [3.05, 3.63) is 102 Å². The first-order chi connectivity index (χ1) is 15.2. The Morgan fingerprint density at radius 3 is 2.58 bits per heavy atom. The predicted molar refractivity (Wildman–Crippen MR) is 124 cm³/mol. The van der Waals surface area contributed by atoms with E-state index in [0.717, 1.165) is 54.6 Å². The van der Waals surface area contributed by atoms with Gasteiger partial charge in [-0.3, -0.25) is 9.88 Å². The van der Waals surface area contributed by atoms with Gasteiger partial charge in [-0.15, -0.1) is 0 Å². The lowest BCUT2D eigenvalue weighted by Crippen LogP contribution is -2.31. The van der Waals surface area contributed by atoms with Crippen molar-refractivity contribution in [3.63, 3.8) is 0 Å². The fourth-order valence-electron chi connectivity index (χ4n) is 4.04. The molecule has 0 spiro atoms. The van der Waals surface area contributed by atoms with Gasteiger partial charge in [0.05, 0.1) is 5.69 Å². The van der Waals surface area contributed by atoms with Gasteiger partial charge in [-0.2, -0.15) is 0 Å². The van der Waals surface area contributed by atoms with Crippen molar-refractivity contribution in [3.8, 4) is 11.4 Å². The molecule has 0 atom stereocenters. The van der Waals surface area contributed by atoms with E-state index in [4.69, 9.17) is 9.97 Å². The van der Waals surface area contributed by atoms with Gasteiger partial charge in [-0.05, 0) is 42.3 Å². The van der Waals surface area contributed by atoms with Gasteiger partial charge in [0.15, 0.2) is 5.82 Å². The molecule has 0 aliphatic carbocycles. The number of rotatable bonds is 5. The van der Waals surface area contributed by atoms with Crippen LogP contribution in [0.15, 0.2) is 79.1 Å². The summed E-state index contributed by atoms with van der Waals surface area (Å²) in [5.41, 5.74) is 6.88. The zero-order chi connectivity index (χ0) is 21.0. The molecule has 0 radical (unpaired) electrons. The molecule has 154 valence electrons. The minimum Gasteiger partial charge on any atom is -0.340 e. The monoisotopic (exact) mass is 407 g/mol. The van der Waals surface area contributed by atoms with Crippen molar-refractivity contribution in [1.29, 1.82) is 0 Å². The number of nitrogens with zero attached hydrogens (tertiary/aromatic N) is 4. The second-order valence-corrected chi connectivity index (χ2v) is 8.00. The van der Waals surface area contributed by atoms with E-state index < -0.39 is 0 Å². The SMILES string of the molecule is Cc1cccc(Nc2nc(-c3ccncc3)nc3c2CN(Cc2ccccc2)CC3)c1. The van der Waals surface area contributed by atoms with E-state index in [2.05, 4.69) is 76.7 Å². The normalized spacial score (nSPS) is 13.6. The Morgan fingerprint density at radius 2 is 1.77 bits per heavy atom. The van der Waals surface area contributed by atoms with E-state index in [-0.39, 0.29) is 0 Å². The maximum atomic E-state index is 4.95. The zero-order valence-electron chi connectivity index (χ0n) is 17.6. The first-order valence-corrected chi connectivity index (χ1v) is 10.6. The molecule has 0 saturated carbocycles. The second kappa shape index (κ2) is 8.66. The average Bonchev–Trinajstić information content (AvgIpc) is 2.80. The molecule has 0 saturated heterocycles. The lowest BCUT2D eigenvalue weighted by molar-refractivity contribution is 0.243. The van der Waals surface area contributed by atoms with Gasteiger partial charge < -0.3 is 5.32 Å². The van der Waals surface area contributed by atoms with Crippen molar-refractivity contribution in [2.45, 2.75) is 26.4 Å². The summed E-state index contributed by atoms with van der Waals surface area (Å²) >= 11 is 0. The highest BCUT2D eigenvalue weighted by Gasteiger charge is 2.23. The van der Waals surface area contributed by atoms with Crippen molar-refractivity contribution >= 4 is 11.5 Å². The lowest BCUT2D eigenvalue weighted by Gasteiger charge is -2.30. The Kier molecular flexibility index (Phi) is 5.42. The third-order valence-corrected chi connectivity index (χ3v) is 5.61. The van der Waals surface area contributed by atoms with Crippen molar-refractivity contribution in [1.82, 2.24) is 19.9 Å². The number of anilines is 2. The van der Waals surface area contributed by atoms with E-state index in [0.29, 0.717) is 0 Å². The highest BCUT2D eigenvalue weighted by atomic mass is 15.1. The highest BCUT2D eigenvalue weighted by Crippen LogP contribution is 2.30. The first-order valence-electron chi connectivity index (χ1n) is 10.6. The Labute approximate surface area is 182 Å². The maximum Gasteiger partial charge on any atom is 0.161 e. The summed E-state index contributed by atoms with van der Waals surface area (Å²) in [6.07, 6.45) is 4.48. The zero-order valence-corrected chi connectivity index (χ0v) is 17.6. The Hall–Kier alpha value is -3.57. The minimum atomic E-state index is 0.743. The van der Waals surface area contributed by atoms with E-state index in [1.54, 1.807) is 12.4 Å². The molecule has 0 fully saturated rings. The Bertz CT molecular complexity index is 1180. The number of hydrogen-bond acceptors (Lipinski definition) is 5. The highest BCUT2D eigenvalue weighted by molar-refractivity contribution is 5.65. The van der Waals surface area contributed by atoms with Crippen molar-refractivity contribution in [2.75, 3.05) is 11.9 Å². The average molecular weight is 408 g/mol. The van der Waals surface area contributed by atoms with Crippen LogP contribution in [0.1, 0.15) is 22.4 Å². The van der Waals surface area contributed by atoms with Crippen molar-refractivity contribution in [2.24, 2.45) is 0 Å². The van der Waals surface area contributed by atoms with E-state index in [9.17, 15) is 0 Å². The fourth-order valence-corrected chi connectivity index (χ4v) is 4.04. The second-order valence-electron chi connectivity index (χ2n) is 8.00. The van der Waals surface area contributed by atoms with Gasteiger partial charge >= 0.3 is 0 Å². The van der Waals surface area contributed by atoms with Gasteiger partial charge in [0, 0.05) is 55.3 Å². The molecule has 0 bridgehead atoms. The third kappa shape index (κ3) is 4.47. The quantitative estimate of drug-likeness (QED) is 0.496. The summed E-state index contributed by atoms with van der Waals surface area (Å²) in [6.45, 7) is 4.84. The number of fused-ring (bicyclic) bond motifs is 1. The molecular weight excluding hydrogens is 382 g/mol. The van der Waals surface area contributed by atoms with E-state index >= 15 is 0 Å². The largest absolute Gasteiger partial charge is 0.340 e. The summed E-state index contributed by atoms with van der Waals surface area (Å²) < 4.78 is 0. The van der Waals surface area contributed by atoms with Crippen LogP contribution in [0.3, 0.4) is 0 Å². The van der Waals surface area contributed by atoms with Gasteiger partial charge in [0.2, 0.25) is 0 Å². The van der Waals surface area contributed by atoms with Crippen LogP contribution in [0.2, 0.25) is 0 Å². The molecule has 1 N–H and O–H groups in total. The van der Waals surface area contributed by atoms with Gasteiger partial charge in [-0.1, -0.05) is 42.5 Å². The minimum absolute atomic E-state index is 0.743. The molecule has 5 heteroatoms. The number of pyridine rings is 1. The number of aromatic nitrogens is 3. The van der Waals surface area contributed by atoms with Gasteiger partial charge in [0.1, 0.15) is 5.82 Å². The molecular formula is C26H25N5. The molecule has 2 aromatic carbocycles. The van der Waals surface area contributed by atoms with E-state index in [1.807, 2.05) is 12.1 Å². The molecule has 0 amide bonds. The summed E-state index contributed by atoms with van der Waals surface area (Å²) in [5.74, 6) is 1.63. The van der Waals surface area contributed by atoms with Crippen LogP contribution in [0.5, 0.6) is 0 Å². The first kappa shape index (κ1) is 19.4. The molecule has 0 unspecified atom stereocenters. The van der Waals surface area contributed by atoms with Crippen LogP contribution >= 0.6 is 0 Å². The third-order valence-electron chi connectivity index (χ3n) is 5.61. The Morgan fingerprint density at radius 1 is 0.935 bits per heavy atom. The molecule has 5 rings (SSSR count). The Balaban J connectivity index is 1.51. The lowest BCUT2D eigenvalue weighted by atomic mass is 10.0. The van der Waals surface area contributed by atoms with Gasteiger partial charge in [-0.25, -0.2) is 9.97 Å². The van der Waals surface area contributed by atoms with Crippen LogP contribution in [-0.4, -0.2) is 26.4 Å². The number of nitrogens with one attached hydrogen (secondary N) is 1. The number of benzene rings is 2. The molecule has 1 aliphatic heterocycles. The summed E-state index contributed by atoms with van der Waals surface area (Å²) in [6, 6.07) is 22.9. The standard InChI is InChI=1S/C26H25N5/c1-19-6-5-9-22(16-19)28-26-23-18-31(17-20-7-3-2-4-8-20)15-12-24(23)29-25(30-26)21-10-13-27-14-11-21/h2-11,13-14,16H,12,15,17-18H2,1H3,(H,28,29,30). The van der Waals surface area contributed by atoms with Crippen LogP contribution in [0, 0.1) is 6.92 Å². The summed E-state index contributed by atoms with van der Waals surface area (Å²) in [4.78, 5) is 16.5. The summed E-state index contributed by atoms with van der Waals surface area (Å²) in [7, 11) is 0. The molecule has 31 heavy (non-hydrogen) atoms. The predicted octanol–water partition coefficient (Wildman–Crippen LogP) is 5.15. The van der Waals surface area contributed by atoms with Crippen LogP contribution in [-0.2, 0) is 19.5 Å². The molecule has 1 aliphatic rings. The molecule has 2 aromatic heterocycles. The summed E-state index contributed by atoms with van der Waals surface area (Å²) in [5, 5.41) is 3.57. The van der Waals surface area contributed by atoms with Crippen molar-refractivity contribution < 1.29 is 0 Å². The van der Waals surface area contributed by atoms with Gasteiger partial charge in [0.25, 0.3) is 0 Å². The number of aryl methyl sites for hydroxylation is 1. The molecule has 3 heterocycles. The van der Waals surface area contributed by atoms with Crippen LogP contribution in [0.25, 0.3) is 11.4 Å². The fraction of sp³-hybridized carbons (Fsp3) is 0.192. The smallest absolute Gasteiger partial charge is 0.161 e. The van der Waals surface area contributed by atoms with Crippen LogP contribution in [0.4, 0.5) is 11.5 Å². The topological polar surface area (TPSA) is 53.9 Å². The van der Waals surface area contributed by atoms with E-state index in [1.165, 1.54) is 16.7 Å². The molecule has 4 aromatic rings. The number of hydrogen-bond donors (Lipinski definition) is 1. The maximum absolute atomic E-state index is 4.95. The molecule has 5 nitrogen and oxygen atoms in total. The van der Waals surface area contributed by atoms with Crippen LogP contribution < -0.4 is 5.32 Å².